The zero-order chi connectivity index (χ0) is 18.3. The Kier molecular flexibility index (Phi) is 6.85. The average Bonchev–Trinajstić information content (AvgIpc) is 3.00. The van der Waals surface area contributed by atoms with Crippen LogP contribution >= 0.6 is 0 Å². The molecule has 25 heavy (non-hydrogen) atoms. The third-order valence-electron chi connectivity index (χ3n) is 4.40. The van der Waals surface area contributed by atoms with E-state index in [1.165, 1.54) is 12.0 Å². The lowest BCUT2D eigenvalue weighted by molar-refractivity contribution is -0.117. The van der Waals surface area contributed by atoms with Gasteiger partial charge < -0.3 is 15.5 Å². The lowest BCUT2D eigenvalue weighted by Crippen LogP contribution is -2.37. The molecule has 1 aliphatic rings. The second-order valence-electron chi connectivity index (χ2n) is 7.83. The van der Waals surface area contributed by atoms with E-state index in [0.717, 1.165) is 37.6 Å². The molecule has 0 radical (unpaired) electrons. The second-order valence-corrected chi connectivity index (χ2v) is 7.83. The molecular weight excluding hydrogens is 312 g/mol. The van der Waals surface area contributed by atoms with Gasteiger partial charge in [0.25, 0.3) is 0 Å². The van der Waals surface area contributed by atoms with Gasteiger partial charge >= 0.3 is 0 Å². The standard InChI is InChI=1S/C20H32N4O/c1-20(2,3)12-6-13-22-19(21-4)23-15-16-8-10-17(11-9-16)24-14-5-7-18(24)25/h8-11H,5-7,12-15H2,1-4H3,(H2,21,22,23). The predicted octanol–water partition coefficient (Wildman–Crippen LogP) is 3.30. The van der Waals surface area contributed by atoms with Gasteiger partial charge in [-0.3, -0.25) is 9.79 Å². The number of aliphatic imine (C=N–C) groups is 1. The fourth-order valence-electron chi connectivity index (χ4n) is 2.95. The molecule has 1 saturated heterocycles. The molecule has 0 spiro atoms. The summed E-state index contributed by atoms with van der Waals surface area (Å²) >= 11 is 0. The Morgan fingerprint density at radius 2 is 1.92 bits per heavy atom. The molecular formula is C20H32N4O. The lowest BCUT2D eigenvalue weighted by atomic mass is 9.91. The van der Waals surface area contributed by atoms with Gasteiger partial charge in [-0.2, -0.15) is 0 Å². The highest BCUT2D eigenvalue weighted by Gasteiger charge is 2.21. The van der Waals surface area contributed by atoms with E-state index in [1.54, 1.807) is 7.05 Å². The number of nitrogens with zero attached hydrogens (tertiary/aromatic N) is 2. The van der Waals surface area contributed by atoms with Crippen LogP contribution < -0.4 is 15.5 Å². The first kappa shape index (κ1) is 19.3. The largest absolute Gasteiger partial charge is 0.356 e. The number of carbonyl (C=O) groups is 1. The minimum Gasteiger partial charge on any atom is -0.356 e. The molecule has 1 aliphatic heterocycles. The molecule has 5 heteroatoms. The number of carbonyl (C=O) groups excluding carboxylic acids is 1. The molecule has 1 fully saturated rings. The minimum atomic E-state index is 0.228. The number of hydrogen-bond acceptors (Lipinski definition) is 2. The van der Waals surface area contributed by atoms with Crippen molar-refractivity contribution in [1.82, 2.24) is 10.6 Å². The summed E-state index contributed by atoms with van der Waals surface area (Å²) in [6.45, 7) is 9.26. The molecule has 1 heterocycles. The Morgan fingerprint density at radius 1 is 1.20 bits per heavy atom. The molecule has 0 atom stereocenters. The van der Waals surface area contributed by atoms with Gasteiger partial charge in [-0.15, -0.1) is 0 Å². The van der Waals surface area contributed by atoms with Gasteiger partial charge in [-0.1, -0.05) is 32.9 Å². The smallest absolute Gasteiger partial charge is 0.227 e. The van der Waals surface area contributed by atoms with Crippen LogP contribution in [0, 0.1) is 5.41 Å². The number of anilines is 1. The van der Waals surface area contributed by atoms with E-state index >= 15 is 0 Å². The first-order chi connectivity index (χ1) is 11.9. The van der Waals surface area contributed by atoms with Crippen molar-refractivity contribution in [2.45, 2.75) is 53.0 Å². The number of amides is 1. The van der Waals surface area contributed by atoms with Crippen LogP contribution in [0.4, 0.5) is 5.69 Å². The topological polar surface area (TPSA) is 56.7 Å². The zero-order valence-corrected chi connectivity index (χ0v) is 16.1. The van der Waals surface area contributed by atoms with Gasteiger partial charge in [0.05, 0.1) is 0 Å². The molecule has 0 aromatic heterocycles. The monoisotopic (exact) mass is 344 g/mol. The van der Waals surface area contributed by atoms with E-state index in [0.29, 0.717) is 18.4 Å². The number of nitrogens with one attached hydrogen (secondary N) is 2. The van der Waals surface area contributed by atoms with E-state index in [4.69, 9.17) is 0 Å². The van der Waals surface area contributed by atoms with Gasteiger partial charge in [-0.05, 0) is 42.4 Å². The number of rotatable bonds is 6. The first-order valence-electron chi connectivity index (χ1n) is 9.23. The molecule has 0 saturated carbocycles. The molecule has 2 rings (SSSR count). The summed E-state index contributed by atoms with van der Waals surface area (Å²) in [6, 6.07) is 8.20. The van der Waals surface area contributed by atoms with E-state index in [2.05, 4.69) is 48.5 Å². The molecule has 0 unspecified atom stereocenters. The Balaban J connectivity index is 1.76. The van der Waals surface area contributed by atoms with E-state index < -0.39 is 0 Å². The predicted molar refractivity (Wildman–Crippen MR) is 105 cm³/mol. The fraction of sp³-hybridized carbons (Fsp3) is 0.600. The van der Waals surface area contributed by atoms with Gasteiger partial charge in [0.1, 0.15) is 0 Å². The van der Waals surface area contributed by atoms with Crippen LogP contribution in [0.5, 0.6) is 0 Å². The zero-order valence-electron chi connectivity index (χ0n) is 16.1. The van der Waals surface area contributed by atoms with Crippen molar-refractivity contribution in [3.05, 3.63) is 29.8 Å². The van der Waals surface area contributed by atoms with E-state index in [1.807, 2.05) is 17.0 Å². The van der Waals surface area contributed by atoms with Crippen molar-refractivity contribution in [2.75, 3.05) is 25.0 Å². The van der Waals surface area contributed by atoms with Crippen molar-refractivity contribution < 1.29 is 4.79 Å². The summed E-state index contributed by atoms with van der Waals surface area (Å²) in [4.78, 5) is 17.9. The van der Waals surface area contributed by atoms with Gasteiger partial charge in [0, 0.05) is 38.8 Å². The molecule has 0 bridgehead atoms. The van der Waals surface area contributed by atoms with Crippen LogP contribution in [0.1, 0.15) is 52.0 Å². The van der Waals surface area contributed by atoms with Gasteiger partial charge in [0.2, 0.25) is 5.91 Å². The van der Waals surface area contributed by atoms with Crippen LogP contribution in [0.25, 0.3) is 0 Å². The molecule has 1 aromatic carbocycles. The van der Waals surface area contributed by atoms with Crippen LogP contribution in [-0.4, -0.2) is 32.0 Å². The van der Waals surface area contributed by atoms with Crippen molar-refractivity contribution in [2.24, 2.45) is 10.4 Å². The summed E-state index contributed by atoms with van der Waals surface area (Å²) in [5.41, 5.74) is 2.54. The minimum absolute atomic E-state index is 0.228. The van der Waals surface area contributed by atoms with E-state index in [9.17, 15) is 4.79 Å². The molecule has 5 nitrogen and oxygen atoms in total. The molecule has 138 valence electrons. The van der Waals surface area contributed by atoms with Crippen LogP contribution in [-0.2, 0) is 11.3 Å². The quantitative estimate of drug-likeness (QED) is 0.473. The Bertz CT molecular complexity index is 587. The normalized spacial score (nSPS) is 15.6. The first-order valence-corrected chi connectivity index (χ1v) is 9.23. The third kappa shape index (κ3) is 6.40. The maximum absolute atomic E-state index is 11.8. The van der Waals surface area contributed by atoms with Crippen molar-refractivity contribution in [1.29, 1.82) is 0 Å². The van der Waals surface area contributed by atoms with Gasteiger partial charge in [0.15, 0.2) is 5.96 Å². The maximum atomic E-state index is 11.8. The number of benzene rings is 1. The Labute approximate surface area is 151 Å². The average molecular weight is 345 g/mol. The summed E-state index contributed by atoms with van der Waals surface area (Å²) in [6.07, 6.45) is 3.94. The number of hydrogen-bond donors (Lipinski definition) is 2. The molecule has 2 N–H and O–H groups in total. The third-order valence-corrected chi connectivity index (χ3v) is 4.40. The summed E-state index contributed by atoms with van der Waals surface area (Å²) < 4.78 is 0. The van der Waals surface area contributed by atoms with Crippen molar-refractivity contribution in [3.63, 3.8) is 0 Å². The number of guanidine groups is 1. The highest BCUT2D eigenvalue weighted by molar-refractivity contribution is 5.95. The second kappa shape index (κ2) is 8.88. The highest BCUT2D eigenvalue weighted by atomic mass is 16.2. The summed E-state index contributed by atoms with van der Waals surface area (Å²) in [5, 5.41) is 6.70. The SMILES string of the molecule is CN=C(NCCCC(C)(C)C)NCc1ccc(N2CCCC2=O)cc1. The maximum Gasteiger partial charge on any atom is 0.227 e. The highest BCUT2D eigenvalue weighted by Crippen LogP contribution is 2.21. The van der Waals surface area contributed by atoms with E-state index in [-0.39, 0.29) is 5.91 Å². The van der Waals surface area contributed by atoms with Crippen LogP contribution in [0.15, 0.2) is 29.3 Å². The molecule has 0 aliphatic carbocycles. The molecule has 1 amide bonds. The van der Waals surface area contributed by atoms with Crippen LogP contribution in [0.3, 0.4) is 0 Å². The molecule has 1 aromatic rings. The Hall–Kier alpha value is -2.04. The van der Waals surface area contributed by atoms with Crippen LogP contribution in [0.2, 0.25) is 0 Å². The summed E-state index contributed by atoms with van der Waals surface area (Å²) in [7, 11) is 1.79. The summed E-state index contributed by atoms with van der Waals surface area (Å²) in [5.74, 6) is 1.05. The van der Waals surface area contributed by atoms with Crippen molar-refractivity contribution >= 4 is 17.6 Å². The fourth-order valence-corrected chi connectivity index (χ4v) is 2.95. The van der Waals surface area contributed by atoms with Gasteiger partial charge in [-0.25, -0.2) is 0 Å². The van der Waals surface area contributed by atoms with Crippen molar-refractivity contribution in [3.8, 4) is 0 Å². The Morgan fingerprint density at radius 3 is 2.48 bits per heavy atom. The lowest BCUT2D eigenvalue weighted by Gasteiger charge is -2.19.